The summed E-state index contributed by atoms with van der Waals surface area (Å²) >= 11 is 0. The lowest BCUT2D eigenvalue weighted by atomic mass is 9.84. The zero-order valence-corrected chi connectivity index (χ0v) is 32.7. The average Bonchev–Trinajstić information content (AvgIpc) is 3.71. The van der Waals surface area contributed by atoms with Crippen molar-refractivity contribution >= 4 is 82.1 Å². The maximum absolute atomic E-state index is 6.51. The van der Waals surface area contributed by atoms with Gasteiger partial charge in [0.15, 0.2) is 0 Å². The number of anilines is 3. The van der Waals surface area contributed by atoms with Crippen molar-refractivity contribution in [2.45, 2.75) is 0 Å². The Balaban J connectivity index is 1.15. The molecule has 2 nitrogen and oxygen atoms in total. The molecule has 2 heteroatoms. The van der Waals surface area contributed by atoms with Crippen LogP contribution in [-0.2, 0) is 0 Å². The molecule has 0 aliphatic carbocycles. The summed E-state index contributed by atoms with van der Waals surface area (Å²) in [6, 6.07) is 81.4. The Morgan fingerprint density at radius 3 is 1.68 bits per heavy atom. The molecule has 12 aromatic rings. The van der Waals surface area contributed by atoms with E-state index in [1.54, 1.807) is 0 Å². The smallest absolute Gasteiger partial charge is 0.137 e. The molecule has 1 heterocycles. The van der Waals surface area contributed by atoms with E-state index in [2.05, 4.69) is 223 Å². The van der Waals surface area contributed by atoms with E-state index in [1.165, 1.54) is 65.3 Å². The first-order valence-corrected chi connectivity index (χ1v) is 20.6. The number of benzene rings is 11. The molecule has 0 amide bonds. The maximum Gasteiger partial charge on any atom is 0.137 e. The number of furan rings is 1. The Bertz CT molecular complexity index is 3600. The van der Waals surface area contributed by atoms with E-state index in [-0.39, 0.29) is 0 Å². The fourth-order valence-electron chi connectivity index (χ4n) is 9.57. The summed E-state index contributed by atoms with van der Waals surface area (Å²) in [6.45, 7) is 0. The Morgan fingerprint density at radius 1 is 0.300 bits per heavy atom. The summed E-state index contributed by atoms with van der Waals surface area (Å²) in [5.74, 6) is 0. The number of nitrogens with zero attached hydrogens (tertiary/aromatic N) is 1. The molecule has 0 saturated carbocycles. The zero-order valence-electron chi connectivity index (χ0n) is 32.7. The van der Waals surface area contributed by atoms with Crippen LogP contribution in [0.2, 0.25) is 0 Å². The first-order chi connectivity index (χ1) is 29.8. The first kappa shape index (κ1) is 34.1. The van der Waals surface area contributed by atoms with E-state index in [0.717, 1.165) is 50.1 Å². The third-order valence-electron chi connectivity index (χ3n) is 12.2. The second-order valence-electron chi connectivity index (χ2n) is 15.6. The predicted molar refractivity (Wildman–Crippen MR) is 255 cm³/mol. The molecular weight excluding hydrogens is 727 g/mol. The Hall–Kier alpha value is -7.94. The number of hydrogen-bond acceptors (Lipinski definition) is 2. The Morgan fingerprint density at radius 2 is 0.867 bits per heavy atom. The lowest BCUT2D eigenvalue weighted by molar-refractivity contribution is 0.669. The van der Waals surface area contributed by atoms with E-state index < -0.39 is 0 Å². The van der Waals surface area contributed by atoms with Crippen molar-refractivity contribution < 1.29 is 4.42 Å². The molecule has 11 aromatic carbocycles. The molecule has 60 heavy (non-hydrogen) atoms. The van der Waals surface area contributed by atoms with Gasteiger partial charge in [0, 0.05) is 16.6 Å². The Kier molecular flexibility index (Phi) is 7.89. The van der Waals surface area contributed by atoms with Gasteiger partial charge in [-0.2, -0.15) is 0 Å². The maximum atomic E-state index is 6.51. The van der Waals surface area contributed by atoms with Crippen LogP contribution in [-0.4, -0.2) is 0 Å². The SMILES string of the molecule is c1ccc(-c2c(-c3ccccc3)c3cc(-c4ccccc4N(c4ccc5c(ccc6ccccc65)c4)c4cccc5oc6ccccc6c45)ccc3c3ccccc23)cc1. The summed E-state index contributed by atoms with van der Waals surface area (Å²) in [7, 11) is 0. The fraction of sp³-hybridized carbons (Fsp3) is 0. The highest BCUT2D eigenvalue weighted by Crippen LogP contribution is 2.49. The van der Waals surface area contributed by atoms with E-state index in [0.29, 0.717) is 0 Å². The molecule has 0 spiro atoms. The summed E-state index contributed by atoms with van der Waals surface area (Å²) in [5, 5.41) is 12.1. The van der Waals surface area contributed by atoms with Gasteiger partial charge in [0.2, 0.25) is 0 Å². The number of para-hydroxylation sites is 2. The minimum absolute atomic E-state index is 0.862. The quantitative estimate of drug-likeness (QED) is 0.157. The highest BCUT2D eigenvalue weighted by molar-refractivity contribution is 6.22. The van der Waals surface area contributed by atoms with Crippen LogP contribution in [0.4, 0.5) is 17.1 Å². The topological polar surface area (TPSA) is 16.4 Å². The third kappa shape index (κ3) is 5.42. The van der Waals surface area contributed by atoms with Crippen molar-refractivity contribution in [2.24, 2.45) is 0 Å². The lowest BCUT2D eigenvalue weighted by Crippen LogP contribution is -2.11. The van der Waals surface area contributed by atoms with Crippen molar-refractivity contribution in [3.05, 3.63) is 224 Å². The van der Waals surface area contributed by atoms with Crippen LogP contribution in [0.15, 0.2) is 229 Å². The van der Waals surface area contributed by atoms with Gasteiger partial charge in [-0.1, -0.05) is 182 Å². The first-order valence-electron chi connectivity index (χ1n) is 20.6. The van der Waals surface area contributed by atoms with Crippen LogP contribution < -0.4 is 4.90 Å². The molecule has 0 saturated heterocycles. The van der Waals surface area contributed by atoms with E-state index in [1.807, 2.05) is 6.07 Å². The van der Waals surface area contributed by atoms with Gasteiger partial charge < -0.3 is 9.32 Å². The van der Waals surface area contributed by atoms with Gasteiger partial charge in [0.1, 0.15) is 11.2 Å². The van der Waals surface area contributed by atoms with Gasteiger partial charge in [-0.15, -0.1) is 0 Å². The molecule has 0 N–H and O–H groups in total. The van der Waals surface area contributed by atoms with Crippen LogP contribution in [0, 0.1) is 0 Å². The largest absolute Gasteiger partial charge is 0.456 e. The predicted octanol–water partition coefficient (Wildman–Crippen LogP) is 16.7. The Labute approximate surface area is 347 Å². The molecule has 0 radical (unpaired) electrons. The average molecular weight is 764 g/mol. The van der Waals surface area contributed by atoms with Crippen molar-refractivity contribution in [1.29, 1.82) is 0 Å². The molecule has 0 bridgehead atoms. The number of hydrogen-bond donors (Lipinski definition) is 0. The lowest BCUT2D eigenvalue weighted by Gasteiger charge is -2.29. The van der Waals surface area contributed by atoms with Crippen LogP contribution in [0.25, 0.3) is 98.4 Å². The summed E-state index contributed by atoms with van der Waals surface area (Å²) in [5.41, 5.74) is 12.1. The van der Waals surface area contributed by atoms with Crippen molar-refractivity contribution in [1.82, 2.24) is 0 Å². The second-order valence-corrected chi connectivity index (χ2v) is 15.6. The minimum atomic E-state index is 0.862. The minimum Gasteiger partial charge on any atom is -0.456 e. The van der Waals surface area contributed by atoms with Gasteiger partial charge in [0.05, 0.1) is 16.8 Å². The summed E-state index contributed by atoms with van der Waals surface area (Å²) < 4.78 is 6.51. The van der Waals surface area contributed by atoms with Gasteiger partial charge >= 0.3 is 0 Å². The molecule has 12 rings (SSSR count). The summed E-state index contributed by atoms with van der Waals surface area (Å²) in [6.07, 6.45) is 0. The van der Waals surface area contributed by atoms with Crippen molar-refractivity contribution in [3.8, 4) is 33.4 Å². The number of fused-ring (bicyclic) bond motifs is 9. The van der Waals surface area contributed by atoms with Gasteiger partial charge in [0.25, 0.3) is 0 Å². The van der Waals surface area contributed by atoms with Gasteiger partial charge in [-0.25, -0.2) is 0 Å². The molecule has 1 aromatic heterocycles. The standard InChI is InChI=1S/C58H37NO/c1-3-17-39(18-4-1)56-49-24-10-9-23-47(49)48-34-32-42(37-51(48)57(56)40-19-5-2-6-20-40)46-22-11-13-26-52(46)59(53-27-15-29-55-58(53)50-25-12-14-28-54(50)60-55)43-33-35-45-41(36-43)31-30-38-16-7-8-21-44(38)45/h1-37H. The van der Waals surface area contributed by atoms with Crippen molar-refractivity contribution in [2.75, 3.05) is 4.90 Å². The summed E-state index contributed by atoms with van der Waals surface area (Å²) in [4.78, 5) is 2.44. The highest BCUT2D eigenvalue weighted by Gasteiger charge is 2.24. The molecule has 0 atom stereocenters. The van der Waals surface area contributed by atoms with Crippen LogP contribution in [0.1, 0.15) is 0 Å². The molecule has 0 aliphatic heterocycles. The normalized spacial score (nSPS) is 11.7. The second kappa shape index (κ2) is 13.9. The third-order valence-corrected chi connectivity index (χ3v) is 12.2. The van der Waals surface area contributed by atoms with Crippen molar-refractivity contribution in [3.63, 3.8) is 0 Å². The van der Waals surface area contributed by atoms with E-state index in [9.17, 15) is 0 Å². The van der Waals surface area contributed by atoms with Crippen LogP contribution in [0.3, 0.4) is 0 Å². The van der Waals surface area contributed by atoms with E-state index in [4.69, 9.17) is 4.42 Å². The van der Waals surface area contributed by atoms with Crippen LogP contribution in [0.5, 0.6) is 0 Å². The molecule has 280 valence electrons. The van der Waals surface area contributed by atoms with Gasteiger partial charge in [-0.05, 0) is 113 Å². The van der Waals surface area contributed by atoms with Gasteiger partial charge in [-0.3, -0.25) is 0 Å². The van der Waals surface area contributed by atoms with E-state index >= 15 is 0 Å². The molecule has 0 unspecified atom stereocenters. The zero-order chi connectivity index (χ0) is 39.6. The highest BCUT2D eigenvalue weighted by atomic mass is 16.3. The van der Waals surface area contributed by atoms with Crippen LogP contribution >= 0.6 is 0 Å². The molecular formula is C58H37NO. The fourth-order valence-corrected chi connectivity index (χ4v) is 9.57. The monoisotopic (exact) mass is 763 g/mol. The molecule has 0 fully saturated rings. The molecule has 0 aliphatic rings. The number of rotatable bonds is 6.